The summed E-state index contributed by atoms with van der Waals surface area (Å²) < 4.78 is 0. The molecule has 1 fully saturated rings. The van der Waals surface area contributed by atoms with Crippen molar-refractivity contribution in [3.8, 4) is 0 Å². The summed E-state index contributed by atoms with van der Waals surface area (Å²) in [5.41, 5.74) is 0.822. The van der Waals surface area contributed by atoms with Crippen LogP contribution in [0.2, 0.25) is 5.15 Å². The molecular formula is C11H15ClN4O. The van der Waals surface area contributed by atoms with Crippen molar-refractivity contribution in [3.63, 3.8) is 0 Å². The first-order valence-corrected chi connectivity index (χ1v) is 6.05. The van der Waals surface area contributed by atoms with Crippen LogP contribution in [-0.4, -0.2) is 29.0 Å². The van der Waals surface area contributed by atoms with Crippen LogP contribution in [0.15, 0.2) is 6.33 Å². The number of anilines is 1. The van der Waals surface area contributed by atoms with Crippen LogP contribution in [0.5, 0.6) is 0 Å². The third-order valence-corrected chi connectivity index (χ3v) is 3.07. The molecule has 1 heterocycles. The summed E-state index contributed by atoms with van der Waals surface area (Å²) in [7, 11) is 0. The van der Waals surface area contributed by atoms with E-state index in [2.05, 4.69) is 20.6 Å². The Morgan fingerprint density at radius 3 is 2.94 bits per heavy atom. The highest BCUT2D eigenvalue weighted by molar-refractivity contribution is 6.30. The Balaban J connectivity index is 1.74. The van der Waals surface area contributed by atoms with E-state index in [4.69, 9.17) is 11.6 Å². The van der Waals surface area contributed by atoms with Crippen molar-refractivity contribution in [2.24, 2.45) is 5.92 Å². The standard InChI is InChI=1S/C11H15ClN4O/c1-7-9(12)15-6-16-10(7)13-4-5-14-11(17)8-2-3-8/h6,8H,2-5H2,1H3,(H,14,17)(H,13,15,16). The van der Waals surface area contributed by atoms with Crippen molar-refractivity contribution in [2.45, 2.75) is 19.8 Å². The zero-order chi connectivity index (χ0) is 12.3. The van der Waals surface area contributed by atoms with Gasteiger partial charge in [-0.2, -0.15) is 0 Å². The number of amides is 1. The monoisotopic (exact) mass is 254 g/mol. The van der Waals surface area contributed by atoms with Gasteiger partial charge in [-0.3, -0.25) is 4.79 Å². The van der Waals surface area contributed by atoms with Gasteiger partial charge in [0, 0.05) is 24.6 Å². The highest BCUT2D eigenvalue weighted by Gasteiger charge is 2.28. The van der Waals surface area contributed by atoms with Crippen LogP contribution in [-0.2, 0) is 4.79 Å². The van der Waals surface area contributed by atoms with Gasteiger partial charge in [0.25, 0.3) is 0 Å². The first kappa shape index (κ1) is 12.1. The molecule has 1 aromatic heterocycles. The van der Waals surface area contributed by atoms with Gasteiger partial charge < -0.3 is 10.6 Å². The Morgan fingerprint density at radius 2 is 2.24 bits per heavy atom. The molecule has 0 radical (unpaired) electrons. The van der Waals surface area contributed by atoms with Gasteiger partial charge in [0.15, 0.2) is 0 Å². The molecule has 0 bridgehead atoms. The molecule has 2 rings (SSSR count). The molecular weight excluding hydrogens is 240 g/mol. The Kier molecular flexibility index (Phi) is 3.78. The van der Waals surface area contributed by atoms with Crippen LogP contribution in [0, 0.1) is 12.8 Å². The molecule has 1 amide bonds. The van der Waals surface area contributed by atoms with Gasteiger partial charge in [-0.15, -0.1) is 0 Å². The first-order chi connectivity index (χ1) is 8.18. The SMILES string of the molecule is Cc1c(Cl)ncnc1NCCNC(=O)C1CC1. The average molecular weight is 255 g/mol. The van der Waals surface area contributed by atoms with Crippen molar-refractivity contribution in [3.05, 3.63) is 17.0 Å². The van der Waals surface area contributed by atoms with Crippen LogP contribution in [0.4, 0.5) is 5.82 Å². The van der Waals surface area contributed by atoms with E-state index in [0.29, 0.717) is 24.1 Å². The van der Waals surface area contributed by atoms with Crippen molar-refractivity contribution < 1.29 is 4.79 Å². The summed E-state index contributed by atoms with van der Waals surface area (Å²) in [5.74, 6) is 1.13. The topological polar surface area (TPSA) is 66.9 Å². The second-order valence-electron chi connectivity index (χ2n) is 4.13. The predicted octanol–water partition coefficient (Wildman–Crippen LogP) is 1.38. The van der Waals surface area contributed by atoms with Gasteiger partial charge in [-0.1, -0.05) is 11.6 Å². The van der Waals surface area contributed by atoms with Gasteiger partial charge in [0.05, 0.1) is 0 Å². The number of carbonyl (C=O) groups is 1. The number of aromatic nitrogens is 2. The molecule has 17 heavy (non-hydrogen) atoms. The van der Waals surface area contributed by atoms with E-state index < -0.39 is 0 Å². The summed E-state index contributed by atoms with van der Waals surface area (Å²) in [6.45, 7) is 3.08. The van der Waals surface area contributed by atoms with E-state index >= 15 is 0 Å². The zero-order valence-corrected chi connectivity index (χ0v) is 10.4. The Labute approximate surface area is 105 Å². The normalized spacial score (nSPS) is 14.5. The summed E-state index contributed by atoms with van der Waals surface area (Å²) >= 11 is 5.87. The number of hydrogen-bond donors (Lipinski definition) is 2. The number of carbonyl (C=O) groups excluding carboxylic acids is 1. The Hall–Kier alpha value is -1.36. The summed E-state index contributed by atoms with van der Waals surface area (Å²) in [6.07, 6.45) is 3.47. The highest BCUT2D eigenvalue weighted by Crippen LogP contribution is 2.28. The number of hydrogen-bond acceptors (Lipinski definition) is 4. The summed E-state index contributed by atoms with van der Waals surface area (Å²) in [5, 5.41) is 6.44. The molecule has 0 spiro atoms. The minimum atomic E-state index is 0.157. The molecule has 5 nitrogen and oxygen atoms in total. The van der Waals surface area contributed by atoms with E-state index in [1.54, 1.807) is 0 Å². The second-order valence-corrected chi connectivity index (χ2v) is 4.49. The largest absolute Gasteiger partial charge is 0.368 e. The van der Waals surface area contributed by atoms with Crippen molar-refractivity contribution in [2.75, 3.05) is 18.4 Å². The maximum atomic E-state index is 11.4. The van der Waals surface area contributed by atoms with Gasteiger partial charge >= 0.3 is 0 Å². The lowest BCUT2D eigenvalue weighted by atomic mass is 10.3. The van der Waals surface area contributed by atoms with E-state index in [1.807, 2.05) is 6.92 Å². The molecule has 0 saturated heterocycles. The molecule has 0 unspecified atom stereocenters. The minimum Gasteiger partial charge on any atom is -0.368 e. The molecule has 1 saturated carbocycles. The maximum absolute atomic E-state index is 11.4. The molecule has 92 valence electrons. The lowest BCUT2D eigenvalue weighted by Gasteiger charge is -2.09. The number of nitrogens with zero attached hydrogens (tertiary/aromatic N) is 2. The van der Waals surface area contributed by atoms with Gasteiger partial charge in [0.1, 0.15) is 17.3 Å². The zero-order valence-electron chi connectivity index (χ0n) is 9.66. The second kappa shape index (κ2) is 5.31. The minimum absolute atomic E-state index is 0.157. The number of rotatable bonds is 5. The van der Waals surface area contributed by atoms with Crippen molar-refractivity contribution in [1.29, 1.82) is 0 Å². The van der Waals surface area contributed by atoms with Crippen LogP contribution in [0.1, 0.15) is 18.4 Å². The van der Waals surface area contributed by atoms with Crippen molar-refractivity contribution >= 4 is 23.3 Å². The first-order valence-electron chi connectivity index (χ1n) is 5.67. The predicted molar refractivity (Wildman–Crippen MR) is 66.0 cm³/mol. The van der Waals surface area contributed by atoms with Crippen LogP contribution in [0.3, 0.4) is 0 Å². The highest BCUT2D eigenvalue weighted by atomic mass is 35.5. The third-order valence-electron chi connectivity index (χ3n) is 2.69. The van der Waals surface area contributed by atoms with Gasteiger partial charge in [0.2, 0.25) is 5.91 Å². The molecule has 0 aromatic carbocycles. The van der Waals surface area contributed by atoms with Crippen LogP contribution >= 0.6 is 11.6 Å². The number of nitrogens with one attached hydrogen (secondary N) is 2. The fourth-order valence-corrected chi connectivity index (χ4v) is 1.60. The molecule has 0 aliphatic heterocycles. The maximum Gasteiger partial charge on any atom is 0.223 e. The Bertz CT molecular complexity index is 420. The lowest BCUT2D eigenvalue weighted by Crippen LogP contribution is -2.30. The smallest absolute Gasteiger partial charge is 0.223 e. The fourth-order valence-electron chi connectivity index (χ4n) is 1.46. The van der Waals surface area contributed by atoms with E-state index in [1.165, 1.54) is 6.33 Å². The van der Waals surface area contributed by atoms with Gasteiger partial charge in [-0.05, 0) is 19.8 Å². The molecule has 1 aliphatic rings. The fraction of sp³-hybridized carbons (Fsp3) is 0.545. The number of halogens is 1. The van der Waals surface area contributed by atoms with E-state index in [0.717, 1.165) is 18.4 Å². The molecule has 2 N–H and O–H groups in total. The van der Waals surface area contributed by atoms with Crippen molar-refractivity contribution in [1.82, 2.24) is 15.3 Å². The average Bonchev–Trinajstić information content (AvgIpc) is 3.13. The summed E-state index contributed by atoms with van der Waals surface area (Å²) in [4.78, 5) is 19.3. The van der Waals surface area contributed by atoms with E-state index in [9.17, 15) is 4.79 Å². The summed E-state index contributed by atoms with van der Waals surface area (Å²) in [6, 6.07) is 0. The van der Waals surface area contributed by atoms with E-state index in [-0.39, 0.29) is 11.8 Å². The quantitative estimate of drug-likeness (QED) is 0.615. The van der Waals surface area contributed by atoms with Crippen LogP contribution < -0.4 is 10.6 Å². The molecule has 0 atom stereocenters. The molecule has 1 aromatic rings. The third kappa shape index (κ3) is 3.30. The molecule has 1 aliphatic carbocycles. The van der Waals surface area contributed by atoms with Gasteiger partial charge in [-0.25, -0.2) is 9.97 Å². The Morgan fingerprint density at radius 1 is 1.47 bits per heavy atom. The molecule has 6 heteroatoms. The van der Waals surface area contributed by atoms with Crippen LogP contribution in [0.25, 0.3) is 0 Å². The lowest BCUT2D eigenvalue weighted by molar-refractivity contribution is -0.122.